The maximum atomic E-state index is 11.4. The SMILES string of the molecule is CC(C)CC1NC(=O)C1C(C)(C)C. The largest absolute Gasteiger partial charge is 0.352 e. The zero-order valence-electron chi connectivity index (χ0n) is 9.35. The Bertz CT molecular complexity index is 203. The highest BCUT2D eigenvalue weighted by atomic mass is 16.2. The number of carbonyl (C=O) groups excluding carboxylic acids is 1. The fourth-order valence-corrected chi connectivity index (χ4v) is 2.14. The van der Waals surface area contributed by atoms with E-state index in [1.54, 1.807) is 0 Å². The molecule has 13 heavy (non-hydrogen) atoms. The molecule has 1 rings (SSSR count). The Balaban J connectivity index is 2.57. The second-order valence-electron chi connectivity index (χ2n) is 5.59. The van der Waals surface area contributed by atoms with Crippen molar-refractivity contribution in [2.75, 3.05) is 0 Å². The van der Waals surface area contributed by atoms with Crippen LogP contribution in [0.1, 0.15) is 41.0 Å². The van der Waals surface area contributed by atoms with Gasteiger partial charge in [0.05, 0.1) is 5.92 Å². The van der Waals surface area contributed by atoms with Crippen molar-refractivity contribution in [1.29, 1.82) is 0 Å². The van der Waals surface area contributed by atoms with E-state index < -0.39 is 0 Å². The summed E-state index contributed by atoms with van der Waals surface area (Å²) in [7, 11) is 0. The first-order chi connectivity index (χ1) is 5.82. The molecule has 1 N–H and O–H groups in total. The van der Waals surface area contributed by atoms with Crippen LogP contribution in [0, 0.1) is 17.3 Å². The minimum Gasteiger partial charge on any atom is -0.352 e. The molecule has 1 aliphatic rings. The second-order valence-corrected chi connectivity index (χ2v) is 5.59. The summed E-state index contributed by atoms with van der Waals surface area (Å²) in [4.78, 5) is 11.4. The van der Waals surface area contributed by atoms with Gasteiger partial charge in [-0.3, -0.25) is 4.79 Å². The van der Waals surface area contributed by atoms with Crippen LogP contribution < -0.4 is 5.32 Å². The normalized spacial score (nSPS) is 28.6. The molecule has 0 aromatic rings. The summed E-state index contributed by atoms with van der Waals surface area (Å²) in [6, 6.07) is 0.410. The molecule has 0 aromatic carbocycles. The average molecular weight is 183 g/mol. The van der Waals surface area contributed by atoms with Gasteiger partial charge < -0.3 is 5.32 Å². The van der Waals surface area contributed by atoms with Gasteiger partial charge in [0, 0.05) is 6.04 Å². The van der Waals surface area contributed by atoms with Crippen LogP contribution in [0.4, 0.5) is 0 Å². The molecule has 1 saturated heterocycles. The van der Waals surface area contributed by atoms with E-state index in [0.29, 0.717) is 12.0 Å². The lowest BCUT2D eigenvalue weighted by molar-refractivity contribution is -0.141. The van der Waals surface area contributed by atoms with E-state index in [-0.39, 0.29) is 17.2 Å². The van der Waals surface area contributed by atoms with E-state index in [0.717, 1.165) is 6.42 Å². The number of hydrogen-bond acceptors (Lipinski definition) is 1. The van der Waals surface area contributed by atoms with Gasteiger partial charge in [0.1, 0.15) is 0 Å². The minimum atomic E-state index is 0.113. The second kappa shape index (κ2) is 3.32. The summed E-state index contributed by atoms with van der Waals surface area (Å²) in [6.45, 7) is 10.8. The lowest BCUT2D eigenvalue weighted by atomic mass is 9.69. The summed E-state index contributed by atoms with van der Waals surface area (Å²) in [5.41, 5.74) is 0.113. The molecule has 0 aliphatic carbocycles. The molecule has 0 aromatic heterocycles. The highest BCUT2D eigenvalue weighted by molar-refractivity contribution is 5.86. The maximum absolute atomic E-state index is 11.4. The number of rotatable bonds is 2. The zero-order valence-corrected chi connectivity index (χ0v) is 9.35. The average Bonchev–Trinajstić information content (AvgIpc) is 1.79. The zero-order chi connectivity index (χ0) is 10.2. The smallest absolute Gasteiger partial charge is 0.225 e. The number of nitrogens with one attached hydrogen (secondary N) is 1. The summed E-state index contributed by atoms with van der Waals surface area (Å²) >= 11 is 0. The summed E-state index contributed by atoms with van der Waals surface area (Å²) in [5.74, 6) is 1.11. The third kappa shape index (κ3) is 2.23. The van der Waals surface area contributed by atoms with Gasteiger partial charge in [0.15, 0.2) is 0 Å². The molecular weight excluding hydrogens is 162 g/mol. The van der Waals surface area contributed by atoms with Crippen molar-refractivity contribution in [2.45, 2.75) is 47.1 Å². The number of amides is 1. The van der Waals surface area contributed by atoms with E-state index in [1.807, 2.05) is 0 Å². The predicted octanol–water partition coefficient (Wildman–Crippen LogP) is 2.19. The monoisotopic (exact) mass is 183 g/mol. The molecule has 0 saturated carbocycles. The van der Waals surface area contributed by atoms with Crippen molar-refractivity contribution in [3.63, 3.8) is 0 Å². The molecule has 2 atom stereocenters. The molecular formula is C11H21NO. The van der Waals surface area contributed by atoms with Gasteiger partial charge >= 0.3 is 0 Å². The molecule has 2 nitrogen and oxygen atoms in total. The highest BCUT2D eigenvalue weighted by Gasteiger charge is 2.46. The Kier molecular flexibility index (Phi) is 2.69. The van der Waals surface area contributed by atoms with Gasteiger partial charge in [0.2, 0.25) is 5.91 Å². The maximum Gasteiger partial charge on any atom is 0.225 e. The van der Waals surface area contributed by atoms with Crippen LogP contribution >= 0.6 is 0 Å². The molecule has 0 radical (unpaired) electrons. The fraction of sp³-hybridized carbons (Fsp3) is 0.909. The Morgan fingerprint density at radius 3 is 2.23 bits per heavy atom. The van der Waals surface area contributed by atoms with Crippen molar-refractivity contribution >= 4 is 5.91 Å². The topological polar surface area (TPSA) is 29.1 Å². The summed E-state index contributed by atoms with van der Waals surface area (Å²) < 4.78 is 0. The summed E-state index contributed by atoms with van der Waals surface area (Å²) in [6.07, 6.45) is 1.10. The highest BCUT2D eigenvalue weighted by Crippen LogP contribution is 2.36. The van der Waals surface area contributed by atoms with E-state index >= 15 is 0 Å². The van der Waals surface area contributed by atoms with Crippen molar-refractivity contribution in [2.24, 2.45) is 17.3 Å². The minimum absolute atomic E-state index is 0.113. The van der Waals surface area contributed by atoms with E-state index in [9.17, 15) is 4.79 Å². The molecule has 76 valence electrons. The first kappa shape index (κ1) is 10.6. The van der Waals surface area contributed by atoms with Crippen molar-refractivity contribution in [3.05, 3.63) is 0 Å². The predicted molar refractivity (Wildman–Crippen MR) is 54.3 cm³/mol. The summed E-state index contributed by atoms with van der Waals surface area (Å²) in [5, 5.41) is 2.99. The van der Waals surface area contributed by atoms with Gasteiger partial charge in [0.25, 0.3) is 0 Å². The van der Waals surface area contributed by atoms with Crippen molar-refractivity contribution in [1.82, 2.24) is 5.32 Å². The van der Waals surface area contributed by atoms with Gasteiger partial charge in [-0.15, -0.1) is 0 Å². The molecule has 1 fully saturated rings. The first-order valence-electron chi connectivity index (χ1n) is 5.12. The van der Waals surface area contributed by atoms with Gasteiger partial charge in [-0.05, 0) is 17.8 Å². The third-order valence-corrected chi connectivity index (χ3v) is 2.67. The van der Waals surface area contributed by atoms with Crippen LogP contribution in [0.5, 0.6) is 0 Å². The lowest BCUT2D eigenvalue weighted by Gasteiger charge is -2.45. The molecule has 0 spiro atoms. The molecule has 0 bridgehead atoms. The fourth-order valence-electron chi connectivity index (χ4n) is 2.14. The lowest BCUT2D eigenvalue weighted by Crippen LogP contribution is -2.62. The van der Waals surface area contributed by atoms with Crippen LogP contribution in [-0.2, 0) is 4.79 Å². The Morgan fingerprint density at radius 2 is 1.92 bits per heavy atom. The number of carbonyl (C=O) groups is 1. The van der Waals surface area contributed by atoms with Crippen LogP contribution in [0.25, 0.3) is 0 Å². The van der Waals surface area contributed by atoms with Crippen molar-refractivity contribution < 1.29 is 4.79 Å². The first-order valence-corrected chi connectivity index (χ1v) is 5.12. The molecule has 1 heterocycles. The van der Waals surface area contributed by atoms with Crippen LogP contribution in [0.3, 0.4) is 0 Å². The Labute approximate surface area is 81.1 Å². The number of β-lactam (4-membered cyclic amide) rings is 1. The van der Waals surface area contributed by atoms with Gasteiger partial charge in [-0.25, -0.2) is 0 Å². The van der Waals surface area contributed by atoms with Crippen molar-refractivity contribution in [3.8, 4) is 0 Å². The molecule has 1 aliphatic heterocycles. The molecule has 1 amide bonds. The standard InChI is InChI=1S/C11H21NO/c1-7(2)6-8-9(10(13)12-8)11(3,4)5/h7-9H,6H2,1-5H3,(H,12,13). The van der Waals surface area contributed by atoms with Crippen LogP contribution in [0.2, 0.25) is 0 Å². The third-order valence-electron chi connectivity index (χ3n) is 2.67. The van der Waals surface area contributed by atoms with Crippen LogP contribution in [-0.4, -0.2) is 11.9 Å². The molecule has 2 unspecified atom stereocenters. The van der Waals surface area contributed by atoms with E-state index in [2.05, 4.69) is 39.9 Å². The Morgan fingerprint density at radius 1 is 1.38 bits per heavy atom. The van der Waals surface area contributed by atoms with E-state index in [1.165, 1.54) is 0 Å². The van der Waals surface area contributed by atoms with Gasteiger partial charge in [-0.2, -0.15) is 0 Å². The molecule has 2 heteroatoms. The van der Waals surface area contributed by atoms with Crippen LogP contribution in [0.15, 0.2) is 0 Å². The number of hydrogen-bond donors (Lipinski definition) is 1. The Hall–Kier alpha value is -0.530. The van der Waals surface area contributed by atoms with Gasteiger partial charge in [-0.1, -0.05) is 34.6 Å². The quantitative estimate of drug-likeness (QED) is 0.653. The van der Waals surface area contributed by atoms with E-state index in [4.69, 9.17) is 0 Å².